The molecule has 1 aliphatic heterocycles. The number of nitrogens with one attached hydrogen (secondary N) is 2. The lowest BCUT2D eigenvalue weighted by Crippen LogP contribution is -2.50. The van der Waals surface area contributed by atoms with Crippen molar-refractivity contribution >= 4 is 11.8 Å². The van der Waals surface area contributed by atoms with Gasteiger partial charge in [0.25, 0.3) is 5.91 Å². The summed E-state index contributed by atoms with van der Waals surface area (Å²) in [6, 6.07) is 9.89. The van der Waals surface area contributed by atoms with Crippen LogP contribution in [0.25, 0.3) is 0 Å². The maximum atomic E-state index is 12.6. The van der Waals surface area contributed by atoms with Crippen LogP contribution in [0.3, 0.4) is 0 Å². The molecule has 0 spiro atoms. The highest BCUT2D eigenvalue weighted by Gasteiger charge is 2.31. The van der Waals surface area contributed by atoms with Crippen LogP contribution >= 0.6 is 0 Å². The normalized spacial score (nSPS) is 23.6. The summed E-state index contributed by atoms with van der Waals surface area (Å²) in [5.74, 6) is -0.107. The number of aromatic nitrogens is 2. The summed E-state index contributed by atoms with van der Waals surface area (Å²) in [5.41, 5.74) is 1.58. The van der Waals surface area contributed by atoms with Crippen LogP contribution in [0.4, 0.5) is 0 Å². The zero-order chi connectivity index (χ0) is 17.2. The average Bonchev–Trinajstić information content (AvgIpc) is 3.05. The van der Waals surface area contributed by atoms with E-state index in [-0.39, 0.29) is 23.9 Å². The molecule has 0 radical (unpaired) electrons. The fourth-order valence-electron chi connectivity index (χ4n) is 3.49. The van der Waals surface area contributed by atoms with E-state index >= 15 is 0 Å². The molecule has 0 bridgehead atoms. The maximum absolute atomic E-state index is 12.6. The van der Waals surface area contributed by atoms with Gasteiger partial charge in [-0.15, -0.1) is 0 Å². The van der Waals surface area contributed by atoms with Gasteiger partial charge in [0.1, 0.15) is 0 Å². The van der Waals surface area contributed by atoms with Gasteiger partial charge in [-0.3, -0.25) is 14.3 Å². The Hall–Kier alpha value is -2.63. The van der Waals surface area contributed by atoms with Crippen LogP contribution in [0, 0.1) is 0 Å². The molecule has 0 unspecified atom stereocenters. The molecule has 1 aromatic carbocycles. The molecule has 2 aromatic rings. The van der Waals surface area contributed by atoms with Crippen molar-refractivity contribution < 1.29 is 9.59 Å². The van der Waals surface area contributed by atoms with Gasteiger partial charge in [0, 0.05) is 12.6 Å². The van der Waals surface area contributed by atoms with Gasteiger partial charge in [-0.1, -0.05) is 30.3 Å². The minimum absolute atomic E-state index is 0.0251. The van der Waals surface area contributed by atoms with E-state index in [2.05, 4.69) is 15.7 Å². The molecule has 2 fully saturated rings. The molecule has 1 aromatic heterocycles. The molecule has 4 rings (SSSR count). The quantitative estimate of drug-likeness (QED) is 0.898. The van der Waals surface area contributed by atoms with Crippen molar-refractivity contribution in [2.24, 2.45) is 0 Å². The Morgan fingerprint density at radius 2 is 2.00 bits per heavy atom. The Balaban J connectivity index is 1.48. The van der Waals surface area contributed by atoms with E-state index in [1.165, 1.54) is 6.42 Å². The predicted molar refractivity (Wildman–Crippen MR) is 92.9 cm³/mol. The van der Waals surface area contributed by atoms with Gasteiger partial charge in [0.2, 0.25) is 5.91 Å². The molecule has 2 aliphatic rings. The van der Waals surface area contributed by atoms with Crippen molar-refractivity contribution in [3.05, 3.63) is 53.9 Å². The number of carbonyl (C=O) groups excluding carboxylic acids is 2. The summed E-state index contributed by atoms with van der Waals surface area (Å²) in [4.78, 5) is 24.5. The highest BCUT2D eigenvalue weighted by Crippen LogP contribution is 2.31. The Bertz CT molecular complexity index is 767. The van der Waals surface area contributed by atoms with Crippen LogP contribution in [-0.4, -0.2) is 27.6 Å². The highest BCUT2D eigenvalue weighted by molar-refractivity contribution is 5.94. The number of nitrogens with zero attached hydrogens (tertiary/aromatic N) is 2. The summed E-state index contributed by atoms with van der Waals surface area (Å²) < 4.78 is 1.90. The first-order valence-corrected chi connectivity index (χ1v) is 8.90. The Labute approximate surface area is 146 Å². The van der Waals surface area contributed by atoms with E-state index < -0.39 is 0 Å². The monoisotopic (exact) mass is 338 g/mol. The standard InChI is InChI=1S/C19H22N4O2/c24-17-10-9-16(18(22-17)13-5-2-1-3-6-13)21-19(25)14-11-20-23(12-14)15-7-4-8-15/h1-3,5-6,11-12,15-16,18H,4,7-10H2,(H,21,25)(H,22,24)/t16-,18+/m1/s1. The Morgan fingerprint density at radius 3 is 2.72 bits per heavy atom. The van der Waals surface area contributed by atoms with Crippen molar-refractivity contribution in [1.29, 1.82) is 0 Å². The first-order chi connectivity index (χ1) is 12.2. The van der Waals surface area contributed by atoms with E-state index in [4.69, 9.17) is 0 Å². The fourth-order valence-corrected chi connectivity index (χ4v) is 3.49. The first-order valence-electron chi connectivity index (χ1n) is 8.90. The molecule has 2 atom stereocenters. The van der Waals surface area contributed by atoms with Gasteiger partial charge >= 0.3 is 0 Å². The molecular weight excluding hydrogens is 316 g/mol. The molecule has 1 saturated carbocycles. The number of rotatable bonds is 4. The Morgan fingerprint density at radius 1 is 1.20 bits per heavy atom. The van der Waals surface area contributed by atoms with Crippen molar-refractivity contribution in [3.8, 4) is 0 Å². The number of hydrogen-bond donors (Lipinski definition) is 2. The van der Waals surface area contributed by atoms with Crippen molar-refractivity contribution in [2.75, 3.05) is 0 Å². The molecule has 6 heteroatoms. The molecule has 1 saturated heterocycles. The molecule has 25 heavy (non-hydrogen) atoms. The van der Waals surface area contributed by atoms with Crippen LogP contribution in [-0.2, 0) is 4.79 Å². The summed E-state index contributed by atoms with van der Waals surface area (Å²) in [6.07, 6.45) is 8.02. The molecule has 2 heterocycles. The van der Waals surface area contributed by atoms with Crippen LogP contribution < -0.4 is 10.6 Å². The van der Waals surface area contributed by atoms with Gasteiger partial charge in [0.05, 0.1) is 29.9 Å². The largest absolute Gasteiger partial charge is 0.347 e. The third-order valence-electron chi connectivity index (χ3n) is 5.19. The summed E-state index contributed by atoms with van der Waals surface area (Å²) in [7, 11) is 0. The second-order valence-electron chi connectivity index (χ2n) is 6.87. The van der Waals surface area contributed by atoms with Gasteiger partial charge < -0.3 is 10.6 Å². The lowest BCUT2D eigenvalue weighted by atomic mass is 9.91. The zero-order valence-electron chi connectivity index (χ0n) is 14.0. The van der Waals surface area contributed by atoms with E-state index in [0.29, 0.717) is 24.4 Å². The summed E-state index contributed by atoms with van der Waals surface area (Å²) >= 11 is 0. The molecule has 2 N–H and O–H groups in total. The maximum Gasteiger partial charge on any atom is 0.254 e. The number of benzene rings is 1. The third kappa shape index (κ3) is 3.29. The first kappa shape index (κ1) is 15.9. The lowest BCUT2D eigenvalue weighted by molar-refractivity contribution is -0.123. The number of hydrogen-bond acceptors (Lipinski definition) is 3. The van der Waals surface area contributed by atoms with Crippen LogP contribution in [0.2, 0.25) is 0 Å². The van der Waals surface area contributed by atoms with Gasteiger partial charge in [-0.05, 0) is 31.2 Å². The zero-order valence-corrected chi connectivity index (χ0v) is 14.0. The van der Waals surface area contributed by atoms with Gasteiger partial charge in [0.15, 0.2) is 0 Å². The van der Waals surface area contributed by atoms with Crippen LogP contribution in [0.1, 0.15) is 60.1 Å². The smallest absolute Gasteiger partial charge is 0.254 e. The molecular formula is C19H22N4O2. The third-order valence-corrected chi connectivity index (χ3v) is 5.19. The van der Waals surface area contributed by atoms with E-state index in [9.17, 15) is 9.59 Å². The Kier molecular flexibility index (Phi) is 4.26. The van der Waals surface area contributed by atoms with Gasteiger partial charge in [-0.25, -0.2) is 0 Å². The molecule has 1 aliphatic carbocycles. The van der Waals surface area contributed by atoms with Crippen molar-refractivity contribution in [2.45, 2.75) is 50.2 Å². The molecule has 6 nitrogen and oxygen atoms in total. The lowest BCUT2D eigenvalue weighted by Gasteiger charge is -2.33. The van der Waals surface area contributed by atoms with E-state index in [1.54, 1.807) is 6.20 Å². The average molecular weight is 338 g/mol. The topological polar surface area (TPSA) is 76.0 Å². The van der Waals surface area contributed by atoms with Crippen LogP contribution in [0.5, 0.6) is 0 Å². The van der Waals surface area contributed by atoms with Crippen molar-refractivity contribution in [1.82, 2.24) is 20.4 Å². The minimum atomic E-state index is -0.201. The number of carbonyl (C=O) groups is 2. The predicted octanol–water partition coefficient (Wildman–Crippen LogP) is 2.36. The van der Waals surface area contributed by atoms with E-state index in [1.807, 2.05) is 41.2 Å². The minimum Gasteiger partial charge on any atom is -0.347 e. The highest BCUT2D eigenvalue weighted by atomic mass is 16.2. The SMILES string of the molecule is O=C1CC[C@@H](NC(=O)c2cnn(C3CCC3)c2)[C@H](c2ccccc2)N1. The van der Waals surface area contributed by atoms with E-state index in [0.717, 1.165) is 18.4 Å². The fraction of sp³-hybridized carbons (Fsp3) is 0.421. The summed E-state index contributed by atoms with van der Waals surface area (Å²) in [6.45, 7) is 0. The molecule has 130 valence electrons. The van der Waals surface area contributed by atoms with Crippen molar-refractivity contribution in [3.63, 3.8) is 0 Å². The summed E-state index contributed by atoms with van der Waals surface area (Å²) in [5, 5.41) is 10.4. The number of amides is 2. The molecule has 2 amide bonds. The van der Waals surface area contributed by atoms with Crippen LogP contribution in [0.15, 0.2) is 42.7 Å². The second kappa shape index (κ2) is 6.70. The number of piperidine rings is 1. The van der Waals surface area contributed by atoms with Gasteiger partial charge in [-0.2, -0.15) is 5.10 Å². The second-order valence-corrected chi connectivity index (χ2v) is 6.87.